The Balaban J connectivity index is 2.87. The van der Waals surface area contributed by atoms with Gasteiger partial charge in [-0.05, 0) is 51.0 Å². The average molecular weight is 277 g/mol. The molecule has 5 nitrogen and oxygen atoms in total. The Labute approximate surface area is 118 Å². The molecule has 1 amide bonds. The number of amides is 1. The summed E-state index contributed by atoms with van der Waals surface area (Å²) in [6.07, 6.45) is 1.96. The van der Waals surface area contributed by atoms with Gasteiger partial charge in [-0.15, -0.1) is 0 Å². The number of carboxylic acid groups (broad SMARTS) is 1. The summed E-state index contributed by atoms with van der Waals surface area (Å²) in [4.78, 5) is 22.2. The number of ether oxygens (including phenoxy) is 1. The zero-order valence-electron chi connectivity index (χ0n) is 12.1. The van der Waals surface area contributed by atoms with E-state index in [1.165, 1.54) is 6.08 Å². The summed E-state index contributed by atoms with van der Waals surface area (Å²) in [6.45, 7) is 7.19. The molecule has 0 saturated carbocycles. The lowest BCUT2D eigenvalue weighted by Gasteiger charge is -2.20. The molecule has 0 unspecified atom stereocenters. The summed E-state index contributed by atoms with van der Waals surface area (Å²) in [5, 5.41) is 11.2. The average Bonchev–Trinajstić information content (AvgIpc) is 2.27. The lowest BCUT2D eigenvalue weighted by atomic mass is 10.1. The normalized spacial score (nSPS) is 11.4. The predicted molar refractivity (Wildman–Crippen MR) is 77.7 cm³/mol. The second-order valence-corrected chi connectivity index (χ2v) is 5.37. The first-order chi connectivity index (χ1) is 9.17. The molecule has 108 valence electrons. The van der Waals surface area contributed by atoms with Crippen molar-refractivity contribution in [2.24, 2.45) is 0 Å². The fourth-order valence-corrected chi connectivity index (χ4v) is 1.46. The number of benzene rings is 1. The van der Waals surface area contributed by atoms with E-state index in [1.807, 2.05) is 6.92 Å². The van der Waals surface area contributed by atoms with Crippen molar-refractivity contribution in [3.8, 4) is 0 Å². The van der Waals surface area contributed by atoms with Gasteiger partial charge in [0.15, 0.2) is 0 Å². The fraction of sp³-hybridized carbons (Fsp3) is 0.333. The molecule has 1 aromatic carbocycles. The van der Waals surface area contributed by atoms with Crippen LogP contribution in [0.2, 0.25) is 0 Å². The van der Waals surface area contributed by atoms with Crippen LogP contribution in [0.15, 0.2) is 24.3 Å². The second-order valence-electron chi connectivity index (χ2n) is 5.37. The van der Waals surface area contributed by atoms with E-state index >= 15 is 0 Å². The maximum absolute atomic E-state index is 11.7. The van der Waals surface area contributed by atoms with Gasteiger partial charge in [0.25, 0.3) is 0 Å². The number of aliphatic carboxylic acids is 1. The van der Waals surface area contributed by atoms with Gasteiger partial charge in [0, 0.05) is 11.8 Å². The zero-order chi connectivity index (χ0) is 15.3. The SMILES string of the molecule is Cc1ccc(/C=C/C(=O)O)cc1NC(=O)OC(C)(C)C. The Hall–Kier alpha value is -2.30. The first-order valence-electron chi connectivity index (χ1n) is 6.19. The molecule has 0 saturated heterocycles. The van der Waals surface area contributed by atoms with Crippen LogP contribution in [0.25, 0.3) is 6.08 Å². The minimum atomic E-state index is -1.02. The molecule has 0 atom stereocenters. The fourth-order valence-electron chi connectivity index (χ4n) is 1.46. The zero-order valence-corrected chi connectivity index (χ0v) is 12.1. The maximum atomic E-state index is 11.7. The Morgan fingerprint density at radius 2 is 1.95 bits per heavy atom. The molecular formula is C15H19NO4. The summed E-state index contributed by atoms with van der Waals surface area (Å²) in [6, 6.07) is 5.27. The molecule has 0 fully saturated rings. The number of aryl methyl sites for hydroxylation is 1. The van der Waals surface area contributed by atoms with Crippen LogP contribution in [0.3, 0.4) is 0 Å². The quantitative estimate of drug-likeness (QED) is 0.830. The van der Waals surface area contributed by atoms with E-state index in [-0.39, 0.29) is 0 Å². The highest BCUT2D eigenvalue weighted by Gasteiger charge is 2.16. The molecule has 0 heterocycles. The van der Waals surface area contributed by atoms with Gasteiger partial charge in [-0.3, -0.25) is 5.32 Å². The topological polar surface area (TPSA) is 75.6 Å². The first-order valence-corrected chi connectivity index (χ1v) is 6.19. The largest absolute Gasteiger partial charge is 0.478 e. The molecule has 5 heteroatoms. The number of nitrogens with one attached hydrogen (secondary N) is 1. The highest BCUT2D eigenvalue weighted by atomic mass is 16.6. The van der Waals surface area contributed by atoms with Crippen molar-refractivity contribution >= 4 is 23.8 Å². The molecule has 0 bridgehead atoms. The summed E-state index contributed by atoms with van der Waals surface area (Å²) >= 11 is 0. The van der Waals surface area contributed by atoms with Gasteiger partial charge in [-0.2, -0.15) is 0 Å². The van der Waals surface area contributed by atoms with Crippen molar-refractivity contribution in [3.63, 3.8) is 0 Å². The van der Waals surface area contributed by atoms with Gasteiger partial charge in [-0.25, -0.2) is 9.59 Å². The minimum Gasteiger partial charge on any atom is -0.478 e. The van der Waals surface area contributed by atoms with Crippen LogP contribution >= 0.6 is 0 Å². The lowest BCUT2D eigenvalue weighted by Crippen LogP contribution is -2.27. The number of anilines is 1. The van der Waals surface area contributed by atoms with Crippen molar-refractivity contribution in [1.29, 1.82) is 0 Å². The molecule has 0 aliphatic carbocycles. The minimum absolute atomic E-state index is 0.542. The molecule has 1 aromatic rings. The Kier molecular flexibility index (Phi) is 4.91. The van der Waals surface area contributed by atoms with E-state index in [4.69, 9.17) is 9.84 Å². The van der Waals surface area contributed by atoms with Gasteiger partial charge in [-0.1, -0.05) is 12.1 Å². The van der Waals surface area contributed by atoms with Crippen molar-refractivity contribution in [2.75, 3.05) is 5.32 Å². The molecule has 0 aliphatic rings. The van der Waals surface area contributed by atoms with Crippen molar-refractivity contribution in [3.05, 3.63) is 35.4 Å². The molecular weight excluding hydrogens is 258 g/mol. The van der Waals surface area contributed by atoms with Crippen molar-refractivity contribution < 1.29 is 19.4 Å². The lowest BCUT2D eigenvalue weighted by molar-refractivity contribution is -0.131. The molecule has 0 aromatic heterocycles. The van der Waals surface area contributed by atoms with Crippen LogP contribution in [0.1, 0.15) is 31.9 Å². The van der Waals surface area contributed by atoms with Gasteiger partial charge >= 0.3 is 12.1 Å². The molecule has 0 spiro atoms. The monoisotopic (exact) mass is 277 g/mol. The summed E-state index contributed by atoms with van der Waals surface area (Å²) in [7, 11) is 0. The van der Waals surface area contributed by atoms with Crippen LogP contribution in [0.4, 0.5) is 10.5 Å². The number of carbonyl (C=O) groups is 2. The molecule has 1 rings (SSSR count). The summed E-state index contributed by atoms with van der Waals surface area (Å²) in [5.74, 6) is -1.02. The third-order valence-electron chi connectivity index (χ3n) is 2.32. The van der Waals surface area contributed by atoms with E-state index in [1.54, 1.807) is 39.0 Å². The van der Waals surface area contributed by atoms with Crippen molar-refractivity contribution in [1.82, 2.24) is 0 Å². The highest BCUT2D eigenvalue weighted by molar-refractivity contribution is 5.88. The number of carboxylic acids is 1. The van der Waals surface area contributed by atoms with Crippen LogP contribution < -0.4 is 5.32 Å². The standard InChI is InChI=1S/C15H19NO4/c1-10-5-6-11(7-8-13(17)18)9-12(10)16-14(19)20-15(2,3)4/h5-9H,1-4H3,(H,16,19)(H,17,18)/b8-7+. The van der Waals surface area contributed by atoms with Gasteiger partial charge < -0.3 is 9.84 Å². The molecule has 0 aliphatic heterocycles. The van der Waals surface area contributed by atoms with Gasteiger partial charge in [0.05, 0.1) is 0 Å². The van der Waals surface area contributed by atoms with Crippen LogP contribution in [0.5, 0.6) is 0 Å². The summed E-state index contributed by atoms with van der Waals surface area (Å²) < 4.78 is 5.17. The van der Waals surface area contributed by atoms with Crippen molar-refractivity contribution in [2.45, 2.75) is 33.3 Å². The Morgan fingerprint density at radius 1 is 1.30 bits per heavy atom. The maximum Gasteiger partial charge on any atom is 0.412 e. The number of carbonyl (C=O) groups excluding carboxylic acids is 1. The second kappa shape index (κ2) is 6.23. The third kappa shape index (κ3) is 5.56. The molecule has 20 heavy (non-hydrogen) atoms. The van der Waals surface area contributed by atoms with Gasteiger partial charge in [0.2, 0.25) is 0 Å². The van der Waals surface area contributed by atoms with E-state index in [2.05, 4.69) is 5.32 Å². The molecule has 0 radical (unpaired) electrons. The highest BCUT2D eigenvalue weighted by Crippen LogP contribution is 2.19. The van der Waals surface area contributed by atoms with E-state index in [0.717, 1.165) is 11.6 Å². The number of rotatable bonds is 3. The third-order valence-corrected chi connectivity index (χ3v) is 2.32. The first kappa shape index (κ1) is 15.8. The van der Waals surface area contributed by atoms with E-state index in [0.29, 0.717) is 11.3 Å². The Bertz CT molecular complexity index is 541. The van der Waals surface area contributed by atoms with Crippen LogP contribution in [-0.4, -0.2) is 22.8 Å². The Morgan fingerprint density at radius 3 is 2.50 bits per heavy atom. The van der Waals surface area contributed by atoms with Crippen LogP contribution in [0, 0.1) is 6.92 Å². The van der Waals surface area contributed by atoms with Gasteiger partial charge in [0.1, 0.15) is 5.60 Å². The van der Waals surface area contributed by atoms with E-state index in [9.17, 15) is 9.59 Å². The molecule has 2 N–H and O–H groups in total. The smallest absolute Gasteiger partial charge is 0.412 e. The van der Waals surface area contributed by atoms with E-state index < -0.39 is 17.7 Å². The number of hydrogen-bond acceptors (Lipinski definition) is 3. The van der Waals surface area contributed by atoms with Crippen LogP contribution in [-0.2, 0) is 9.53 Å². The predicted octanol–water partition coefficient (Wildman–Crippen LogP) is 3.44. The number of hydrogen-bond donors (Lipinski definition) is 2. The summed E-state index contributed by atoms with van der Waals surface area (Å²) in [5.41, 5.74) is 1.57.